The molecule has 4 heteroatoms. The first kappa shape index (κ1) is 13.4. The lowest BCUT2D eigenvalue weighted by Crippen LogP contribution is -2.33. The number of anilines is 1. The minimum Gasteiger partial charge on any atom is -0.446 e. The Morgan fingerprint density at radius 2 is 2.05 bits per heavy atom. The van der Waals surface area contributed by atoms with E-state index < -0.39 is 0 Å². The van der Waals surface area contributed by atoms with Gasteiger partial charge in [-0.2, -0.15) is 0 Å². The Kier molecular flexibility index (Phi) is 3.33. The number of hydrogen-bond acceptors (Lipinski definition) is 2. The highest BCUT2D eigenvalue weighted by Crippen LogP contribution is 2.59. The highest BCUT2D eigenvalue weighted by atomic mass is 35.5. The van der Waals surface area contributed by atoms with Crippen LogP contribution in [-0.2, 0) is 4.74 Å². The summed E-state index contributed by atoms with van der Waals surface area (Å²) in [5.74, 6) is 3.14. The van der Waals surface area contributed by atoms with Gasteiger partial charge in [-0.15, -0.1) is 0 Å². The standard InChI is InChI=1S/C17H20ClNO2/c18-11-3-1-4-12(9-11)19-17(20)21-16-8-10-7-15(16)14-6-2-5-13(10)14/h1,3-4,9-10,13-16H,2,5-8H2,(H,19,20)/t10-,13+,14+,15+,16-/m1/s1. The Morgan fingerprint density at radius 3 is 2.90 bits per heavy atom. The second-order valence-electron chi connectivity index (χ2n) is 6.73. The van der Waals surface area contributed by atoms with E-state index in [9.17, 15) is 4.79 Å². The molecule has 4 rings (SSSR count). The van der Waals surface area contributed by atoms with Gasteiger partial charge in [-0.1, -0.05) is 24.1 Å². The third-order valence-corrected chi connectivity index (χ3v) is 5.93. The van der Waals surface area contributed by atoms with Gasteiger partial charge in [0.25, 0.3) is 0 Å². The lowest BCUT2D eigenvalue weighted by atomic mass is 9.80. The Balaban J connectivity index is 1.37. The van der Waals surface area contributed by atoms with E-state index in [-0.39, 0.29) is 12.2 Å². The highest BCUT2D eigenvalue weighted by Gasteiger charge is 2.55. The van der Waals surface area contributed by atoms with Crippen LogP contribution in [-0.4, -0.2) is 12.2 Å². The zero-order valence-corrected chi connectivity index (χ0v) is 12.7. The van der Waals surface area contributed by atoms with Crippen molar-refractivity contribution in [2.75, 3.05) is 5.32 Å². The molecule has 1 aromatic carbocycles. The molecule has 3 nitrogen and oxygen atoms in total. The van der Waals surface area contributed by atoms with Crippen molar-refractivity contribution in [1.82, 2.24) is 0 Å². The Bertz CT molecular complexity index is 561. The molecule has 0 unspecified atom stereocenters. The second kappa shape index (κ2) is 5.20. The monoisotopic (exact) mass is 305 g/mol. The van der Waals surface area contributed by atoms with E-state index in [2.05, 4.69) is 5.32 Å². The fourth-order valence-corrected chi connectivity index (χ4v) is 5.18. The van der Waals surface area contributed by atoms with E-state index in [0.29, 0.717) is 16.6 Å². The van der Waals surface area contributed by atoms with E-state index in [1.807, 2.05) is 12.1 Å². The number of carbonyl (C=O) groups excluding carboxylic acids is 1. The molecule has 3 fully saturated rings. The average molecular weight is 306 g/mol. The first-order valence-electron chi connectivity index (χ1n) is 7.94. The maximum atomic E-state index is 12.1. The summed E-state index contributed by atoms with van der Waals surface area (Å²) >= 11 is 5.92. The predicted molar refractivity (Wildman–Crippen MR) is 82.4 cm³/mol. The molecule has 0 heterocycles. The summed E-state index contributed by atoms with van der Waals surface area (Å²) in [6.45, 7) is 0. The third kappa shape index (κ3) is 2.42. The lowest BCUT2D eigenvalue weighted by molar-refractivity contribution is 0.0431. The molecule has 0 radical (unpaired) electrons. The Hall–Kier alpha value is -1.22. The van der Waals surface area contributed by atoms with Gasteiger partial charge in [0, 0.05) is 10.7 Å². The molecule has 3 aliphatic rings. The molecule has 21 heavy (non-hydrogen) atoms. The molecule has 1 amide bonds. The van der Waals surface area contributed by atoms with Crippen molar-refractivity contribution in [2.45, 2.75) is 38.2 Å². The molecule has 0 saturated heterocycles. The molecule has 0 spiro atoms. The van der Waals surface area contributed by atoms with Crippen LogP contribution in [0.15, 0.2) is 24.3 Å². The summed E-state index contributed by atoms with van der Waals surface area (Å²) in [4.78, 5) is 12.1. The number of benzene rings is 1. The average Bonchev–Trinajstić information content (AvgIpc) is 3.09. The number of carbonyl (C=O) groups is 1. The molecule has 1 aromatic rings. The van der Waals surface area contributed by atoms with Crippen LogP contribution in [0.3, 0.4) is 0 Å². The van der Waals surface area contributed by atoms with E-state index in [0.717, 1.165) is 24.2 Å². The first-order chi connectivity index (χ1) is 10.2. The normalized spacial score (nSPS) is 36.5. The van der Waals surface area contributed by atoms with Crippen molar-refractivity contribution < 1.29 is 9.53 Å². The van der Waals surface area contributed by atoms with Gasteiger partial charge >= 0.3 is 6.09 Å². The summed E-state index contributed by atoms with van der Waals surface area (Å²) in [7, 11) is 0. The van der Waals surface area contributed by atoms with Crippen molar-refractivity contribution >= 4 is 23.4 Å². The highest BCUT2D eigenvalue weighted by molar-refractivity contribution is 6.30. The molecule has 1 N–H and O–H groups in total. The minimum absolute atomic E-state index is 0.119. The number of amides is 1. The molecule has 3 saturated carbocycles. The van der Waals surface area contributed by atoms with Gasteiger partial charge in [0.15, 0.2) is 0 Å². The summed E-state index contributed by atoms with van der Waals surface area (Å²) < 4.78 is 5.70. The molecular formula is C17H20ClNO2. The summed E-state index contributed by atoms with van der Waals surface area (Å²) in [6, 6.07) is 7.16. The molecule has 2 bridgehead atoms. The zero-order chi connectivity index (χ0) is 14.4. The predicted octanol–water partition coefficient (Wildman–Crippen LogP) is 4.71. The van der Waals surface area contributed by atoms with E-state index in [1.54, 1.807) is 12.1 Å². The third-order valence-electron chi connectivity index (χ3n) is 5.70. The molecule has 0 aliphatic heterocycles. The fraction of sp³-hybridized carbons (Fsp3) is 0.588. The number of halogens is 1. The number of rotatable bonds is 2. The van der Waals surface area contributed by atoms with Crippen LogP contribution in [0.2, 0.25) is 5.02 Å². The Labute approximate surface area is 130 Å². The van der Waals surface area contributed by atoms with Crippen molar-refractivity contribution in [2.24, 2.45) is 23.7 Å². The van der Waals surface area contributed by atoms with Crippen molar-refractivity contribution in [3.8, 4) is 0 Å². The van der Waals surface area contributed by atoms with Crippen LogP contribution < -0.4 is 5.32 Å². The van der Waals surface area contributed by atoms with Crippen molar-refractivity contribution in [3.05, 3.63) is 29.3 Å². The second-order valence-corrected chi connectivity index (χ2v) is 7.17. The van der Waals surface area contributed by atoms with Gasteiger partial charge in [0.05, 0.1) is 0 Å². The number of fused-ring (bicyclic) bond motifs is 5. The summed E-state index contributed by atoms with van der Waals surface area (Å²) in [5.41, 5.74) is 0.689. The van der Waals surface area contributed by atoms with Crippen LogP contribution in [0.5, 0.6) is 0 Å². The number of hydrogen-bond donors (Lipinski definition) is 1. The van der Waals surface area contributed by atoms with Crippen LogP contribution in [0.1, 0.15) is 32.1 Å². The maximum absolute atomic E-state index is 12.1. The van der Waals surface area contributed by atoms with Crippen LogP contribution >= 0.6 is 11.6 Å². The largest absolute Gasteiger partial charge is 0.446 e. The van der Waals surface area contributed by atoms with Gasteiger partial charge in [-0.3, -0.25) is 5.32 Å². The lowest BCUT2D eigenvalue weighted by Gasteiger charge is -2.31. The molecule has 5 atom stereocenters. The first-order valence-corrected chi connectivity index (χ1v) is 8.32. The van der Waals surface area contributed by atoms with Gasteiger partial charge in [0.1, 0.15) is 6.10 Å². The topological polar surface area (TPSA) is 38.3 Å². The number of nitrogens with one attached hydrogen (secondary N) is 1. The smallest absolute Gasteiger partial charge is 0.411 e. The minimum atomic E-state index is -0.343. The van der Waals surface area contributed by atoms with Gasteiger partial charge in [-0.05, 0) is 67.6 Å². The SMILES string of the molecule is O=C(Nc1cccc(Cl)c1)O[C@@H]1C[C@H]2C[C@H]1[C@H]1CCC[C@@H]21. The summed E-state index contributed by atoms with van der Waals surface area (Å²) in [5, 5.41) is 3.40. The summed E-state index contributed by atoms with van der Waals surface area (Å²) in [6.07, 6.45) is 6.20. The number of ether oxygens (including phenoxy) is 1. The van der Waals surface area contributed by atoms with Crippen LogP contribution in [0.25, 0.3) is 0 Å². The van der Waals surface area contributed by atoms with Crippen LogP contribution in [0, 0.1) is 23.7 Å². The quantitative estimate of drug-likeness (QED) is 0.859. The van der Waals surface area contributed by atoms with E-state index in [4.69, 9.17) is 16.3 Å². The van der Waals surface area contributed by atoms with Gasteiger partial charge in [0.2, 0.25) is 0 Å². The van der Waals surface area contributed by atoms with Crippen molar-refractivity contribution in [3.63, 3.8) is 0 Å². The Morgan fingerprint density at radius 1 is 1.19 bits per heavy atom. The molecule has 3 aliphatic carbocycles. The molecular weight excluding hydrogens is 286 g/mol. The van der Waals surface area contributed by atoms with Gasteiger partial charge in [-0.25, -0.2) is 4.79 Å². The zero-order valence-electron chi connectivity index (χ0n) is 11.9. The van der Waals surface area contributed by atoms with Crippen LogP contribution in [0.4, 0.5) is 10.5 Å². The van der Waals surface area contributed by atoms with E-state index in [1.165, 1.54) is 25.7 Å². The van der Waals surface area contributed by atoms with E-state index >= 15 is 0 Å². The van der Waals surface area contributed by atoms with Crippen molar-refractivity contribution in [1.29, 1.82) is 0 Å². The molecule has 112 valence electrons. The molecule has 0 aromatic heterocycles. The van der Waals surface area contributed by atoms with Gasteiger partial charge < -0.3 is 4.74 Å². The maximum Gasteiger partial charge on any atom is 0.411 e. The fourth-order valence-electron chi connectivity index (χ4n) is 4.99.